The van der Waals surface area contributed by atoms with Crippen molar-refractivity contribution >= 4 is 0 Å². The number of rotatable bonds is 3. The molecule has 0 saturated carbocycles. The van der Waals surface area contributed by atoms with Crippen LogP contribution in [0, 0.1) is 0 Å². The minimum Gasteiger partial charge on any atom is -0.390 e. The smallest absolute Gasteiger partial charge is 0.0235 e. The van der Waals surface area contributed by atoms with Gasteiger partial charge in [-0.1, -0.05) is 6.58 Å². The molecular formula is C6H12N2. The van der Waals surface area contributed by atoms with E-state index in [0.717, 1.165) is 5.70 Å². The van der Waals surface area contributed by atoms with Crippen LogP contribution in [0.5, 0.6) is 0 Å². The van der Waals surface area contributed by atoms with Crippen LogP contribution >= 0.6 is 0 Å². The highest BCUT2D eigenvalue weighted by atomic mass is 14.9. The lowest BCUT2D eigenvalue weighted by atomic mass is 10.5. The van der Waals surface area contributed by atoms with E-state index in [1.165, 1.54) is 0 Å². The predicted molar refractivity (Wildman–Crippen MR) is 36.1 cm³/mol. The predicted octanol–water partition coefficient (Wildman–Crippen LogP) is 0.800. The fourth-order valence-electron chi connectivity index (χ4n) is 0.256. The van der Waals surface area contributed by atoms with Gasteiger partial charge in [-0.2, -0.15) is 0 Å². The standard InChI is InChI=1S/C6H12N2/c1-4-8-5-6(2)7-3/h4-5,7-8H,1H2,2-3H3/b6-5-. The minimum absolute atomic E-state index is 1.09. The lowest BCUT2D eigenvalue weighted by Crippen LogP contribution is -2.05. The first-order valence-corrected chi connectivity index (χ1v) is 2.52. The van der Waals surface area contributed by atoms with Crippen molar-refractivity contribution in [2.45, 2.75) is 6.92 Å². The molecule has 0 radical (unpaired) electrons. The molecule has 0 spiro atoms. The van der Waals surface area contributed by atoms with Gasteiger partial charge in [-0.05, 0) is 13.1 Å². The van der Waals surface area contributed by atoms with Crippen LogP contribution < -0.4 is 10.6 Å². The minimum atomic E-state index is 1.09. The molecule has 0 amide bonds. The number of hydrogen-bond acceptors (Lipinski definition) is 2. The van der Waals surface area contributed by atoms with Crippen molar-refractivity contribution in [3.8, 4) is 0 Å². The van der Waals surface area contributed by atoms with Gasteiger partial charge in [-0.25, -0.2) is 0 Å². The molecule has 0 atom stereocenters. The third-order valence-electron chi connectivity index (χ3n) is 0.812. The molecule has 0 aromatic rings. The van der Waals surface area contributed by atoms with E-state index >= 15 is 0 Å². The fourth-order valence-corrected chi connectivity index (χ4v) is 0.256. The Hall–Kier alpha value is -0.920. The third-order valence-corrected chi connectivity index (χ3v) is 0.812. The topological polar surface area (TPSA) is 24.1 Å². The van der Waals surface area contributed by atoms with Crippen molar-refractivity contribution in [1.82, 2.24) is 10.6 Å². The van der Waals surface area contributed by atoms with E-state index < -0.39 is 0 Å². The Morgan fingerprint density at radius 3 is 2.62 bits per heavy atom. The van der Waals surface area contributed by atoms with Crippen LogP contribution in [-0.4, -0.2) is 7.05 Å². The molecule has 8 heavy (non-hydrogen) atoms. The lowest BCUT2D eigenvalue weighted by molar-refractivity contribution is 0.959. The monoisotopic (exact) mass is 112 g/mol. The molecule has 0 unspecified atom stereocenters. The Kier molecular flexibility index (Phi) is 3.76. The van der Waals surface area contributed by atoms with Crippen molar-refractivity contribution in [2.75, 3.05) is 7.05 Å². The van der Waals surface area contributed by atoms with E-state index in [1.807, 2.05) is 20.2 Å². The van der Waals surface area contributed by atoms with E-state index in [1.54, 1.807) is 6.20 Å². The van der Waals surface area contributed by atoms with E-state index in [2.05, 4.69) is 17.2 Å². The van der Waals surface area contributed by atoms with E-state index in [9.17, 15) is 0 Å². The lowest BCUT2D eigenvalue weighted by Gasteiger charge is -1.96. The Bertz CT molecular complexity index is 94.7. The Morgan fingerprint density at radius 1 is 1.62 bits per heavy atom. The number of hydrogen-bond donors (Lipinski definition) is 2. The highest BCUT2D eigenvalue weighted by Gasteiger charge is 1.74. The summed E-state index contributed by atoms with van der Waals surface area (Å²) in [5, 5.41) is 5.79. The molecule has 0 bridgehead atoms. The second kappa shape index (κ2) is 4.24. The highest BCUT2D eigenvalue weighted by Crippen LogP contribution is 1.77. The quantitative estimate of drug-likeness (QED) is 0.564. The second-order valence-corrected chi connectivity index (χ2v) is 1.45. The normalized spacial score (nSPS) is 10.5. The van der Waals surface area contributed by atoms with Crippen molar-refractivity contribution in [3.63, 3.8) is 0 Å². The molecule has 0 aromatic carbocycles. The van der Waals surface area contributed by atoms with E-state index in [4.69, 9.17) is 0 Å². The van der Waals surface area contributed by atoms with Gasteiger partial charge >= 0.3 is 0 Å². The van der Waals surface area contributed by atoms with Crippen molar-refractivity contribution in [1.29, 1.82) is 0 Å². The van der Waals surface area contributed by atoms with Crippen molar-refractivity contribution in [3.05, 3.63) is 24.7 Å². The van der Waals surface area contributed by atoms with Crippen LogP contribution in [0.2, 0.25) is 0 Å². The van der Waals surface area contributed by atoms with Gasteiger partial charge in [0, 0.05) is 18.9 Å². The third kappa shape index (κ3) is 3.28. The zero-order valence-corrected chi connectivity index (χ0v) is 5.36. The number of allylic oxidation sites excluding steroid dienone is 1. The summed E-state index contributed by atoms with van der Waals surface area (Å²) < 4.78 is 0. The summed E-state index contributed by atoms with van der Waals surface area (Å²) in [6.45, 7) is 5.45. The average molecular weight is 112 g/mol. The maximum Gasteiger partial charge on any atom is 0.0235 e. The summed E-state index contributed by atoms with van der Waals surface area (Å²) in [5.41, 5.74) is 1.09. The summed E-state index contributed by atoms with van der Waals surface area (Å²) in [6.07, 6.45) is 3.47. The molecule has 46 valence electrons. The van der Waals surface area contributed by atoms with Gasteiger partial charge in [0.15, 0.2) is 0 Å². The maximum absolute atomic E-state index is 3.48. The molecule has 0 aliphatic rings. The van der Waals surface area contributed by atoms with Crippen LogP contribution in [0.4, 0.5) is 0 Å². The molecule has 2 N–H and O–H groups in total. The van der Waals surface area contributed by atoms with Gasteiger partial charge in [-0.15, -0.1) is 0 Å². The number of nitrogens with one attached hydrogen (secondary N) is 2. The molecule has 0 heterocycles. The zero-order chi connectivity index (χ0) is 6.41. The molecular weight excluding hydrogens is 100 g/mol. The van der Waals surface area contributed by atoms with Crippen LogP contribution in [0.25, 0.3) is 0 Å². The Morgan fingerprint density at radius 2 is 2.25 bits per heavy atom. The Balaban J connectivity index is 3.40. The van der Waals surface area contributed by atoms with E-state index in [0.29, 0.717) is 0 Å². The summed E-state index contributed by atoms with van der Waals surface area (Å²) in [7, 11) is 1.87. The van der Waals surface area contributed by atoms with Crippen LogP contribution in [0.1, 0.15) is 6.92 Å². The highest BCUT2D eigenvalue weighted by molar-refractivity contribution is 4.94. The van der Waals surface area contributed by atoms with Gasteiger partial charge in [0.2, 0.25) is 0 Å². The Labute approximate surface area is 50.3 Å². The van der Waals surface area contributed by atoms with Crippen LogP contribution in [0.15, 0.2) is 24.7 Å². The molecule has 0 rings (SSSR count). The first-order chi connectivity index (χ1) is 3.81. The summed E-state index contributed by atoms with van der Waals surface area (Å²) in [4.78, 5) is 0. The van der Waals surface area contributed by atoms with Gasteiger partial charge in [0.1, 0.15) is 0 Å². The van der Waals surface area contributed by atoms with Gasteiger partial charge in [0.05, 0.1) is 0 Å². The van der Waals surface area contributed by atoms with Crippen LogP contribution in [0.3, 0.4) is 0 Å². The average Bonchev–Trinajstić information content (AvgIpc) is 1.83. The molecule has 0 aromatic heterocycles. The van der Waals surface area contributed by atoms with Gasteiger partial charge in [-0.3, -0.25) is 0 Å². The molecule has 2 nitrogen and oxygen atoms in total. The maximum atomic E-state index is 3.48. The fraction of sp³-hybridized carbons (Fsp3) is 0.333. The van der Waals surface area contributed by atoms with Crippen molar-refractivity contribution < 1.29 is 0 Å². The molecule has 0 fully saturated rings. The summed E-state index contributed by atoms with van der Waals surface area (Å²) in [6, 6.07) is 0. The summed E-state index contributed by atoms with van der Waals surface area (Å²) in [5.74, 6) is 0. The largest absolute Gasteiger partial charge is 0.390 e. The van der Waals surface area contributed by atoms with Gasteiger partial charge in [0.25, 0.3) is 0 Å². The van der Waals surface area contributed by atoms with Gasteiger partial charge < -0.3 is 10.6 Å². The van der Waals surface area contributed by atoms with E-state index in [-0.39, 0.29) is 0 Å². The van der Waals surface area contributed by atoms with Crippen LogP contribution in [-0.2, 0) is 0 Å². The zero-order valence-electron chi connectivity index (χ0n) is 5.36. The molecule has 2 heteroatoms. The molecule has 0 aliphatic heterocycles. The molecule has 0 saturated heterocycles. The SMILES string of the molecule is C=CN/C=C(/C)NC. The summed E-state index contributed by atoms with van der Waals surface area (Å²) >= 11 is 0. The first-order valence-electron chi connectivity index (χ1n) is 2.52. The second-order valence-electron chi connectivity index (χ2n) is 1.45. The first kappa shape index (κ1) is 7.08. The molecule has 0 aliphatic carbocycles. The van der Waals surface area contributed by atoms with Crippen molar-refractivity contribution in [2.24, 2.45) is 0 Å².